The minimum Gasteiger partial charge on any atom is -0.313 e. The van der Waals surface area contributed by atoms with Crippen molar-refractivity contribution in [1.82, 2.24) is 9.62 Å². The van der Waals surface area contributed by atoms with Gasteiger partial charge in [0, 0.05) is 25.2 Å². The van der Waals surface area contributed by atoms with Crippen molar-refractivity contribution in [3.8, 4) is 0 Å². The van der Waals surface area contributed by atoms with Gasteiger partial charge in [-0.1, -0.05) is 36.7 Å². The van der Waals surface area contributed by atoms with E-state index in [4.69, 9.17) is 11.6 Å². The molecule has 0 aromatic heterocycles. The van der Waals surface area contributed by atoms with Crippen molar-refractivity contribution in [2.75, 3.05) is 20.1 Å². The van der Waals surface area contributed by atoms with Crippen molar-refractivity contribution in [2.45, 2.75) is 25.3 Å². The molecule has 0 aliphatic carbocycles. The maximum atomic E-state index is 12.4. The Labute approximate surface area is 126 Å². The lowest BCUT2D eigenvalue weighted by atomic mass is 10.2. The van der Waals surface area contributed by atoms with Gasteiger partial charge in [-0.15, -0.1) is 0 Å². The standard InChI is InChI=1S/C14H21ClN2O2S/c1-5-16-9-12-6-7-13(8-14(12)15)20(18,19)17(4)10-11(2)3/h6-8,16H,2,5,9-10H2,1,3-4H3. The summed E-state index contributed by atoms with van der Waals surface area (Å²) in [6, 6.07) is 4.83. The second-order valence-electron chi connectivity index (χ2n) is 4.75. The highest BCUT2D eigenvalue weighted by Crippen LogP contribution is 2.23. The summed E-state index contributed by atoms with van der Waals surface area (Å²) in [4.78, 5) is 0.200. The van der Waals surface area contributed by atoms with E-state index < -0.39 is 10.0 Å². The smallest absolute Gasteiger partial charge is 0.243 e. The zero-order chi connectivity index (χ0) is 15.3. The molecule has 0 heterocycles. The number of likely N-dealkylation sites (N-methyl/N-ethyl adjacent to an activating group) is 1. The summed E-state index contributed by atoms with van der Waals surface area (Å²) in [5, 5.41) is 3.61. The maximum Gasteiger partial charge on any atom is 0.243 e. The van der Waals surface area contributed by atoms with Crippen LogP contribution >= 0.6 is 11.6 Å². The Bertz CT molecular complexity index is 585. The second kappa shape index (κ2) is 7.22. The van der Waals surface area contributed by atoms with E-state index in [1.807, 2.05) is 6.92 Å². The van der Waals surface area contributed by atoms with E-state index in [2.05, 4.69) is 11.9 Å². The van der Waals surface area contributed by atoms with Gasteiger partial charge in [-0.05, 0) is 31.2 Å². The predicted molar refractivity (Wildman–Crippen MR) is 83.5 cm³/mol. The van der Waals surface area contributed by atoms with Gasteiger partial charge in [0.05, 0.1) is 4.90 Å². The summed E-state index contributed by atoms with van der Waals surface area (Å²) in [5.41, 5.74) is 1.67. The third kappa shape index (κ3) is 4.31. The van der Waals surface area contributed by atoms with Crippen LogP contribution in [0, 0.1) is 0 Å². The van der Waals surface area contributed by atoms with Gasteiger partial charge < -0.3 is 5.32 Å². The van der Waals surface area contributed by atoms with Crippen molar-refractivity contribution in [2.24, 2.45) is 0 Å². The van der Waals surface area contributed by atoms with Crippen LogP contribution in [0.1, 0.15) is 19.4 Å². The lowest BCUT2D eigenvalue weighted by molar-refractivity contribution is 0.493. The lowest BCUT2D eigenvalue weighted by Gasteiger charge is -2.17. The molecule has 0 radical (unpaired) electrons. The number of nitrogens with one attached hydrogen (secondary N) is 1. The Kier molecular flexibility index (Phi) is 6.20. The topological polar surface area (TPSA) is 49.4 Å². The third-order valence-electron chi connectivity index (χ3n) is 2.79. The van der Waals surface area contributed by atoms with Gasteiger partial charge in [0.25, 0.3) is 0 Å². The number of sulfonamides is 1. The van der Waals surface area contributed by atoms with Crippen molar-refractivity contribution in [3.05, 3.63) is 40.9 Å². The summed E-state index contributed by atoms with van der Waals surface area (Å²) in [6.07, 6.45) is 0. The van der Waals surface area contributed by atoms with E-state index >= 15 is 0 Å². The Hall–Kier alpha value is -0.880. The highest BCUT2D eigenvalue weighted by Gasteiger charge is 2.21. The van der Waals surface area contributed by atoms with Crippen LogP contribution in [0.5, 0.6) is 0 Å². The number of halogens is 1. The average molecular weight is 317 g/mol. The molecule has 1 aromatic rings. The van der Waals surface area contributed by atoms with E-state index in [0.717, 1.165) is 17.7 Å². The lowest BCUT2D eigenvalue weighted by Crippen LogP contribution is -2.28. The minimum atomic E-state index is -3.53. The normalized spacial score (nSPS) is 11.8. The van der Waals surface area contributed by atoms with Gasteiger partial charge in [0.1, 0.15) is 0 Å². The molecule has 20 heavy (non-hydrogen) atoms. The molecule has 6 heteroatoms. The van der Waals surface area contributed by atoms with Crippen LogP contribution in [0.25, 0.3) is 0 Å². The fourth-order valence-corrected chi connectivity index (χ4v) is 3.31. The molecule has 0 aliphatic heterocycles. The molecule has 4 nitrogen and oxygen atoms in total. The molecular formula is C14H21ClN2O2S. The van der Waals surface area contributed by atoms with Crippen LogP contribution in [-0.2, 0) is 16.6 Å². The summed E-state index contributed by atoms with van der Waals surface area (Å²) < 4.78 is 26.0. The van der Waals surface area contributed by atoms with Gasteiger partial charge in [-0.2, -0.15) is 4.31 Å². The molecule has 0 fully saturated rings. The van der Waals surface area contributed by atoms with Gasteiger partial charge >= 0.3 is 0 Å². The molecule has 0 aliphatic rings. The first-order valence-electron chi connectivity index (χ1n) is 6.39. The number of benzene rings is 1. The molecule has 0 saturated carbocycles. The summed E-state index contributed by atoms with van der Waals surface area (Å²) in [7, 11) is -1.99. The maximum absolute atomic E-state index is 12.4. The van der Waals surface area contributed by atoms with E-state index in [1.54, 1.807) is 19.1 Å². The number of hydrogen-bond donors (Lipinski definition) is 1. The molecule has 0 atom stereocenters. The molecule has 1 aromatic carbocycles. The number of rotatable bonds is 7. The fourth-order valence-electron chi connectivity index (χ4n) is 1.74. The van der Waals surface area contributed by atoms with Crippen LogP contribution in [0.3, 0.4) is 0 Å². The van der Waals surface area contributed by atoms with Crippen LogP contribution < -0.4 is 5.32 Å². The quantitative estimate of drug-likeness (QED) is 0.787. The minimum absolute atomic E-state index is 0.200. The van der Waals surface area contributed by atoms with Crippen LogP contribution in [-0.4, -0.2) is 32.9 Å². The van der Waals surface area contributed by atoms with E-state index in [1.165, 1.54) is 17.4 Å². The van der Waals surface area contributed by atoms with Gasteiger partial charge in [-0.3, -0.25) is 0 Å². The molecule has 0 saturated heterocycles. The second-order valence-corrected chi connectivity index (χ2v) is 7.20. The van der Waals surface area contributed by atoms with Gasteiger partial charge in [0.2, 0.25) is 10.0 Å². The largest absolute Gasteiger partial charge is 0.313 e. The summed E-state index contributed by atoms with van der Waals surface area (Å²) in [6.45, 7) is 9.26. The van der Waals surface area contributed by atoms with Crippen molar-refractivity contribution in [3.63, 3.8) is 0 Å². The molecule has 0 amide bonds. The molecule has 0 bridgehead atoms. The van der Waals surface area contributed by atoms with Crippen molar-refractivity contribution >= 4 is 21.6 Å². The highest BCUT2D eigenvalue weighted by atomic mass is 35.5. The van der Waals surface area contributed by atoms with E-state index in [-0.39, 0.29) is 4.90 Å². The molecule has 1 rings (SSSR count). The Balaban J connectivity index is 3.02. The fraction of sp³-hybridized carbons (Fsp3) is 0.429. The molecular weight excluding hydrogens is 296 g/mol. The Morgan fingerprint density at radius 3 is 2.60 bits per heavy atom. The van der Waals surface area contributed by atoms with Crippen LogP contribution in [0.4, 0.5) is 0 Å². The average Bonchev–Trinajstić information content (AvgIpc) is 2.36. The number of hydrogen-bond acceptors (Lipinski definition) is 3. The molecule has 1 N–H and O–H groups in total. The third-order valence-corrected chi connectivity index (χ3v) is 4.94. The summed E-state index contributed by atoms with van der Waals surface area (Å²) >= 11 is 6.14. The highest BCUT2D eigenvalue weighted by molar-refractivity contribution is 7.89. The Morgan fingerprint density at radius 2 is 2.10 bits per heavy atom. The van der Waals surface area contributed by atoms with Gasteiger partial charge in [0.15, 0.2) is 0 Å². The molecule has 112 valence electrons. The summed E-state index contributed by atoms with van der Waals surface area (Å²) in [5.74, 6) is 0. The van der Waals surface area contributed by atoms with Crippen LogP contribution in [0.2, 0.25) is 5.02 Å². The number of nitrogens with zero attached hydrogens (tertiary/aromatic N) is 1. The van der Waals surface area contributed by atoms with E-state index in [0.29, 0.717) is 18.1 Å². The first-order valence-corrected chi connectivity index (χ1v) is 8.20. The van der Waals surface area contributed by atoms with Crippen molar-refractivity contribution < 1.29 is 8.42 Å². The van der Waals surface area contributed by atoms with Crippen LogP contribution in [0.15, 0.2) is 35.2 Å². The van der Waals surface area contributed by atoms with Gasteiger partial charge in [-0.25, -0.2) is 8.42 Å². The van der Waals surface area contributed by atoms with E-state index in [9.17, 15) is 8.42 Å². The zero-order valence-electron chi connectivity index (χ0n) is 12.1. The Morgan fingerprint density at radius 1 is 1.45 bits per heavy atom. The SMILES string of the molecule is C=C(C)CN(C)S(=O)(=O)c1ccc(CNCC)c(Cl)c1. The predicted octanol–water partition coefficient (Wildman–Crippen LogP) is 2.65. The monoisotopic (exact) mass is 316 g/mol. The first-order chi connectivity index (χ1) is 9.28. The molecule has 0 spiro atoms. The molecule has 0 unspecified atom stereocenters. The first kappa shape index (κ1) is 17.2. The zero-order valence-corrected chi connectivity index (χ0v) is 13.7. The van der Waals surface area contributed by atoms with Crippen molar-refractivity contribution in [1.29, 1.82) is 0 Å².